The SMILES string of the molecule is CC1CCCCC1NC(=O)CN1CCCc2cccc(F)c21. The average Bonchev–Trinajstić information content (AvgIpc) is 2.50. The van der Waals surface area contributed by atoms with E-state index in [9.17, 15) is 9.18 Å². The van der Waals surface area contributed by atoms with Gasteiger partial charge in [-0.2, -0.15) is 0 Å². The first kappa shape index (κ1) is 15.3. The number of carbonyl (C=O) groups is 1. The van der Waals surface area contributed by atoms with Crippen molar-refractivity contribution in [3.05, 3.63) is 29.6 Å². The largest absolute Gasteiger partial charge is 0.360 e. The Balaban J connectivity index is 1.65. The number of anilines is 1. The van der Waals surface area contributed by atoms with Crippen LogP contribution in [0.15, 0.2) is 18.2 Å². The van der Waals surface area contributed by atoms with E-state index in [0.29, 0.717) is 11.6 Å². The van der Waals surface area contributed by atoms with Crippen LogP contribution in [-0.4, -0.2) is 25.0 Å². The van der Waals surface area contributed by atoms with Crippen LogP contribution in [0.3, 0.4) is 0 Å². The molecule has 1 aromatic rings. The minimum Gasteiger partial charge on any atom is -0.360 e. The molecule has 1 heterocycles. The molecular weight excluding hydrogens is 279 g/mol. The zero-order valence-electron chi connectivity index (χ0n) is 13.3. The van der Waals surface area contributed by atoms with Crippen molar-refractivity contribution in [2.75, 3.05) is 18.0 Å². The highest BCUT2D eigenvalue weighted by Crippen LogP contribution is 2.29. The first-order chi connectivity index (χ1) is 10.6. The van der Waals surface area contributed by atoms with E-state index in [2.05, 4.69) is 12.2 Å². The van der Waals surface area contributed by atoms with Crippen LogP contribution in [0.1, 0.15) is 44.6 Å². The number of carbonyl (C=O) groups excluding carboxylic acids is 1. The third-order valence-electron chi connectivity index (χ3n) is 5.05. The molecule has 0 aromatic heterocycles. The number of nitrogens with one attached hydrogen (secondary N) is 1. The highest BCUT2D eigenvalue weighted by Gasteiger charge is 2.26. The topological polar surface area (TPSA) is 32.3 Å². The minimum absolute atomic E-state index is 0.0230. The zero-order valence-corrected chi connectivity index (χ0v) is 13.3. The zero-order chi connectivity index (χ0) is 15.5. The number of fused-ring (bicyclic) bond motifs is 1. The molecule has 120 valence electrons. The van der Waals surface area contributed by atoms with Gasteiger partial charge in [-0.15, -0.1) is 0 Å². The number of aryl methyl sites for hydroxylation is 1. The summed E-state index contributed by atoms with van der Waals surface area (Å²) in [7, 11) is 0. The molecule has 2 atom stereocenters. The lowest BCUT2D eigenvalue weighted by Gasteiger charge is -2.33. The number of nitrogens with zero attached hydrogens (tertiary/aromatic N) is 1. The standard InChI is InChI=1S/C18H25FN2O/c1-13-6-2-3-10-16(13)20-17(22)12-21-11-5-8-14-7-4-9-15(19)18(14)21/h4,7,9,13,16H,2-3,5-6,8,10-12H2,1H3,(H,20,22). The Labute approximate surface area is 131 Å². The molecule has 2 aliphatic rings. The van der Waals surface area contributed by atoms with Crippen LogP contribution < -0.4 is 10.2 Å². The summed E-state index contributed by atoms with van der Waals surface area (Å²) in [5, 5.41) is 3.16. The number of rotatable bonds is 3. The maximum absolute atomic E-state index is 14.1. The van der Waals surface area contributed by atoms with E-state index >= 15 is 0 Å². The first-order valence-electron chi connectivity index (χ1n) is 8.47. The van der Waals surface area contributed by atoms with Gasteiger partial charge in [-0.05, 0) is 43.2 Å². The van der Waals surface area contributed by atoms with Crippen molar-refractivity contribution in [3.8, 4) is 0 Å². The van der Waals surface area contributed by atoms with Gasteiger partial charge in [-0.25, -0.2) is 4.39 Å². The fraction of sp³-hybridized carbons (Fsp3) is 0.611. The molecular formula is C18H25FN2O. The van der Waals surface area contributed by atoms with Crippen LogP contribution in [0, 0.1) is 11.7 Å². The summed E-state index contributed by atoms with van der Waals surface area (Å²) in [6, 6.07) is 5.48. The lowest BCUT2D eigenvalue weighted by Crippen LogP contribution is -2.46. The lowest BCUT2D eigenvalue weighted by molar-refractivity contribution is -0.121. The monoisotopic (exact) mass is 304 g/mol. The third kappa shape index (κ3) is 3.26. The van der Waals surface area contributed by atoms with Crippen molar-refractivity contribution < 1.29 is 9.18 Å². The second kappa shape index (κ2) is 6.67. The summed E-state index contributed by atoms with van der Waals surface area (Å²) in [6.45, 7) is 3.22. The van der Waals surface area contributed by atoms with E-state index in [0.717, 1.165) is 31.4 Å². The second-order valence-corrected chi connectivity index (χ2v) is 6.71. The Morgan fingerprint density at radius 1 is 1.32 bits per heavy atom. The highest BCUT2D eigenvalue weighted by atomic mass is 19.1. The van der Waals surface area contributed by atoms with Crippen LogP contribution in [-0.2, 0) is 11.2 Å². The Hall–Kier alpha value is -1.58. The minimum atomic E-state index is -0.212. The molecule has 1 fully saturated rings. The van der Waals surface area contributed by atoms with Gasteiger partial charge in [0.2, 0.25) is 5.91 Å². The van der Waals surface area contributed by atoms with Crippen LogP contribution in [0.25, 0.3) is 0 Å². The third-order valence-corrected chi connectivity index (χ3v) is 5.05. The molecule has 0 spiro atoms. The van der Waals surface area contributed by atoms with Crippen molar-refractivity contribution in [2.24, 2.45) is 5.92 Å². The Kier molecular flexibility index (Phi) is 4.65. The Morgan fingerprint density at radius 2 is 2.14 bits per heavy atom. The summed E-state index contributed by atoms with van der Waals surface area (Å²) < 4.78 is 14.1. The molecule has 1 aliphatic carbocycles. The molecule has 1 amide bonds. The number of hydrogen-bond donors (Lipinski definition) is 1. The van der Waals surface area contributed by atoms with E-state index in [1.165, 1.54) is 25.3 Å². The van der Waals surface area contributed by atoms with Gasteiger partial charge < -0.3 is 10.2 Å². The van der Waals surface area contributed by atoms with Crippen molar-refractivity contribution >= 4 is 11.6 Å². The summed E-state index contributed by atoms with van der Waals surface area (Å²) in [5.41, 5.74) is 1.64. The Bertz CT molecular complexity index is 546. The molecule has 22 heavy (non-hydrogen) atoms. The van der Waals surface area contributed by atoms with Crippen molar-refractivity contribution in [3.63, 3.8) is 0 Å². The van der Waals surface area contributed by atoms with Crippen molar-refractivity contribution in [1.29, 1.82) is 0 Å². The molecule has 1 aromatic carbocycles. The van der Waals surface area contributed by atoms with Crippen molar-refractivity contribution in [1.82, 2.24) is 5.32 Å². The summed E-state index contributed by atoms with van der Waals surface area (Å²) >= 11 is 0. The van der Waals surface area contributed by atoms with Gasteiger partial charge in [0.1, 0.15) is 5.82 Å². The van der Waals surface area contributed by atoms with Gasteiger partial charge >= 0.3 is 0 Å². The highest BCUT2D eigenvalue weighted by molar-refractivity contribution is 5.82. The number of amides is 1. The van der Waals surface area contributed by atoms with E-state index in [1.807, 2.05) is 11.0 Å². The Morgan fingerprint density at radius 3 is 2.95 bits per heavy atom. The number of halogens is 1. The maximum atomic E-state index is 14.1. The summed E-state index contributed by atoms with van der Waals surface area (Å²) in [6.07, 6.45) is 6.58. The van der Waals surface area contributed by atoms with Crippen LogP contribution in [0.5, 0.6) is 0 Å². The van der Waals surface area contributed by atoms with Crippen LogP contribution in [0.2, 0.25) is 0 Å². The second-order valence-electron chi connectivity index (χ2n) is 6.71. The van der Waals surface area contributed by atoms with Gasteiger partial charge in [0.15, 0.2) is 0 Å². The van der Waals surface area contributed by atoms with Gasteiger partial charge in [-0.1, -0.05) is 31.9 Å². The molecule has 3 rings (SSSR count). The fourth-order valence-corrected chi connectivity index (χ4v) is 3.80. The smallest absolute Gasteiger partial charge is 0.239 e. The summed E-state index contributed by atoms with van der Waals surface area (Å²) in [4.78, 5) is 14.3. The van der Waals surface area contributed by atoms with Crippen LogP contribution >= 0.6 is 0 Å². The molecule has 0 saturated heterocycles. The predicted molar refractivity (Wildman–Crippen MR) is 86.5 cm³/mol. The predicted octanol–water partition coefficient (Wildman–Crippen LogP) is 3.27. The quantitative estimate of drug-likeness (QED) is 0.929. The van der Waals surface area contributed by atoms with E-state index in [4.69, 9.17) is 0 Å². The van der Waals surface area contributed by atoms with Gasteiger partial charge in [-0.3, -0.25) is 4.79 Å². The average molecular weight is 304 g/mol. The van der Waals surface area contributed by atoms with E-state index in [-0.39, 0.29) is 24.3 Å². The number of para-hydroxylation sites is 1. The maximum Gasteiger partial charge on any atom is 0.239 e. The first-order valence-corrected chi connectivity index (χ1v) is 8.47. The van der Waals surface area contributed by atoms with Gasteiger partial charge in [0.05, 0.1) is 12.2 Å². The van der Waals surface area contributed by atoms with E-state index in [1.54, 1.807) is 6.07 Å². The molecule has 0 radical (unpaired) electrons. The number of benzene rings is 1. The molecule has 3 nitrogen and oxygen atoms in total. The molecule has 1 aliphatic heterocycles. The lowest BCUT2D eigenvalue weighted by atomic mass is 9.86. The van der Waals surface area contributed by atoms with E-state index < -0.39 is 0 Å². The molecule has 1 saturated carbocycles. The van der Waals surface area contributed by atoms with Crippen molar-refractivity contribution in [2.45, 2.75) is 51.5 Å². The van der Waals surface area contributed by atoms with Crippen LogP contribution in [0.4, 0.5) is 10.1 Å². The van der Waals surface area contributed by atoms with Gasteiger partial charge in [0, 0.05) is 12.6 Å². The summed E-state index contributed by atoms with van der Waals surface area (Å²) in [5.74, 6) is 0.356. The number of hydrogen-bond acceptors (Lipinski definition) is 2. The fourth-order valence-electron chi connectivity index (χ4n) is 3.80. The van der Waals surface area contributed by atoms with Gasteiger partial charge in [0.25, 0.3) is 0 Å². The normalized spacial score (nSPS) is 24.7. The molecule has 4 heteroatoms. The molecule has 1 N–H and O–H groups in total. The molecule has 2 unspecified atom stereocenters. The molecule has 0 bridgehead atoms.